The van der Waals surface area contributed by atoms with Crippen molar-refractivity contribution in [2.75, 3.05) is 0 Å². The monoisotopic (exact) mass is 332 g/mol. The highest BCUT2D eigenvalue weighted by Crippen LogP contribution is 2.24. The van der Waals surface area contributed by atoms with Crippen LogP contribution in [0.25, 0.3) is 10.6 Å². The average molecular weight is 332 g/mol. The van der Waals surface area contributed by atoms with E-state index in [1.807, 2.05) is 12.4 Å². The first-order chi connectivity index (χ1) is 7.31. The molecular formula is C9H9IN4S. The number of aromatic nitrogens is 3. The zero-order chi connectivity index (χ0) is 10.7. The highest BCUT2D eigenvalue weighted by Gasteiger charge is 2.06. The Kier molecular flexibility index (Phi) is 3.60. The molecule has 2 heterocycles. The van der Waals surface area contributed by atoms with Gasteiger partial charge in [-0.25, -0.2) is 4.98 Å². The van der Waals surface area contributed by atoms with E-state index < -0.39 is 0 Å². The topological polar surface area (TPSA) is 50.7 Å². The van der Waals surface area contributed by atoms with Crippen LogP contribution in [0.4, 0.5) is 0 Å². The molecule has 0 aliphatic rings. The van der Waals surface area contributed by atoms with Crippen molar-refractivity contribution in [2.24, 2.45) is 0 Å². The molecule has 0 saturated carbocycles. The number of nitrogens with zero attached hydrogens (tertiary/aromatic N) is 3. The molecule has 0 bridgehead atoms. The summed E-state index contributed by atoms with van der Waals surface area (Å²) in [6.45, 7) is 2.71. The summed E-state index contributed by atoms with van der Waals surface area (Å²) in [6, 6.07) is 0. The molecule has 0 aliphatic heterocycles. The van der Waals surface area contributed by atoms with Crippen LogP contribution < -0.4 is 3.53 Å². The fourth-order valence-corrected chi connectivity index (χ4v) is 2.34. The molecule has 0 unspecified atom stereocenters. The molecular weight excluding hydrogens is 323 g/mol. The smallest absolute Gasteiger partial charge is 0.100 e. The molecule has 6 heteroatoms. The molecule has 0 spiro atoms. The number of hydrogen-bond donors (Lipinski definition) is 1. The predicted molar refractivity (Wildman–Crippen MR) is 68.7 cm³/mol. The quantitative estimate of drug-likeness (QED) is 0.692. The Labute approximate surface area is 106 Å². The van der Waals surface area contributed by atoms with Crippen molar-refractivity contribution in [1.29, 1.82) is 0 Å². The van der Waals surface area contributed by atoms with Crippen LogP contribution in [0, 0.1) is 6.92 Å². The van der Waals surface area contributed by atoms with Gasteiger partial charge in [-0.05, 0) is 6.92 Å². The molecule has 0 aliphatic carbocycles. The minimum absolute atomic E-state index is 0.732. The van der Waals surface area contributed by atoms with Gasteiger partial charge in [-0.1, -0.05) is 0 Å². The average Bonchev–Trinajstić information content (AvgIpc) is 2.66. The van der Waals surface area contributed by atoms with Crippen LogP contribution in [0.5, 0.6) is 0 Å². The van der Waals surface area contributed by atoms with Crippen LogP contribution in [-0.4, -0.2) is 15.0 Å². The number of aryl methyl sites for hydroxylation is 1. The molecule has 2 rings (SSSR count). The van der Waals surface area contributed by atoms with Crippen LogP contribution in [0.3, 0.4) is 0 Å². The summed E-state index contributed by atoms with van der Waals surface area (Å²) in [5, 5.41) is 0. The van der Waals surface area contributed by atoms with Gasteiger partial charge in [0.1, 0.15) is 5.69 Å². The number of rotatable bonds is 3. The van der Waals surface area contributed by atoms with Gasteiger partial charge in [0.15, 0.2) is 0 Å². The van der Waals surface area contributed by atoms with Crippen molar-refractivity contribution in [3.63, 3.8) is 0 Å². The van der Waals surface area contributed by atoms with Gasteiger partial charge in [0.25, 0.3) is 0 Å². The molecule has 78 valence electrons. The molecule has 15 heavy (non-hydrogen) atoms. The Morgan fingerprint density at radius 3 is 2.73 bits per heavy atom. The maximum absolute atomic E-state index is 4.37. The third kappa shape index (κ3) is 2.50. The second-order valence-corrected chi connectivity index (χ2v) is 4.59. The lowest BCUT2D eigenvalue weighted by Gasteiger charge is -2.00. The molecule has 0 radical (unpaired) electrons. The standard InChI is InChI=1S/C9H9IN4S/c1-6-9(15-5-13-6)8-4-11-7(2-12-8)3-14-10/h2,4-5,14H,3H2,1H3. The van der Waals surface area contributed by atoms with E-state index in [-0.39, 0.29) is 0 Å². The summed E-state index contributed by atoms with van der Waals surface area (Å²) in [6.07, 6.45) is 3.59. The summed E-state index contributed by atoms with van der Waals surface area (Å²) in [4.78, 5) is 14.0. The first kappa shape index (κ1) is 10.9. The van der Waals surface area contributed by atoms with E-state index >= 15 is 0 Å². The molecule has 0 atom stereocenters. The van der Waals surface area contributed by atoms with E-state index in [2.05, 4.69) is 41.3 Å². The zero-order valence-corrected chi connectivity index (χ0v) is 11.0. The van der Waals surface area contributed by atoms with Gasteiger partial charge in [0.05, 0.1) is 34.2 Å². The summed E-state index contributed by atoms with van der Waals surface area (Å²) < 4.78 is 3.01. The van der Waals surface area contributed by atoms with Crippen molar-refractivity contribution < 1.29 is 0 Å². The molecule has 0 saturated heterocycles. The van der Waals surface area contributed by atoms with Gasteiger partial charge < -0.3 is 0 Å². The van der Waals surface area contributed by atoms with Crippen LogP contribution >= 0.6 is 34.2 Å². The van der Waals surface area contributed by atoms with Crippen molar-refractivity contribution in [1.82, 2.24) is 18.5 Å². The van der Waals surface area contributed by atoms with E-state index in [0.29, 0.717) is 0 Å². The highest BCUT2D eigenvalue weighted by molar-refractivity contribution is 14.1. The third-order valence-electron chi connectivity index (χ3n) is 1.93. The van der Waals surface area contributed by atoms with Crippen molar-refractivity contribution in [2.45, 2.75) is 13.5 Å². The second kappa shape index (κ2) is 4.95. The van der Waals surface area contributed by atoms with Crippen LogP contribution in [0.2, 0.25) is 0 Å². The van der Waals surface area contributed by atoms with Gasteiger partial charge in [-0.3, -0.25) is 13.5 Å². The molecule has 1 N–H and O–H groups in total. The molecule has 0 aromatic carbocycles. The van der Waals surface area contributed by atoms with Gasteiger partial charge in [-0.15, -0.1) is 11.3 Å². The van der Waals surface area contributed by atoms with Crippen LogP contribution in [-0.2, 0) is 6.54 Å². The second-order valence-electron chi connectivity index (χ2n) is 2.97. The van der Waals surface area contributed by atoms with Crippen LogP contribution in [0.1, 0.15) is 11.4 Å². The van der Waals surface area contributed by atoms with Gasteiger partial charge in [0, 0.05) is 29.4 Å². The van der Waals surface area contributed by atoms with E-state index in [1.54, 1.807) is 23.7 Å². The summed E-state index contributed by atoms with van der Waals surface area (Å²) in [5.41, 5.74) is 4.67. The first-order valence-corrected chi connectivity index (χ1v) is 6.32. The summed E-state index contributed by atoms with van der Waals surface area (Å²) in [5.74, 6) is 0. The highest BCUT2D eigenvalue weighted by atomic mass is 127. The number of thiazole rings is 1. The van der Waals surface area contributed by atoms with Gasteiger partial charge in [0.2, 0.25) is 0 Å². The SMILES string of the molecule is Cc1ncsc1-c1cnc(CNI)cn1. The van der Waals surface area contributed by atoms with Crippen molar-refractivity contribution in [3.8, 4) is 10.6 Å². The minimum Gasteiger partial charge on any atom is -0.256 e. The maximum Gasteiger partial charge on any atom is 0.100 e. The lowest BCUT2D eigenvalue weighted by Crippen LogP contribution is -2.01. The first-order valence-electron chi connectivity index (χ1n) is 4.36. The predicted octanol–water partition coefficient (Wildman–Crippen LogP) is 2.35. The van der Waals surface area contributed by atoms with E-state index in [1.165, 1.54) is 0 Å². The summed E-state index contributed by atoms with van der Waals surface area (Å²) >= 11 is 3.68. The largest absolute Gasteiger partial charge is 0.256 e. The number of nitrogens with one attached hydrogen (secondary N) is 1. The molecule has 4 nitrogen and oxygen atoms in total. The Balaban J connectivity index is 2.28. The summed E-state index contributed by atoms with van der Waals surface area (Å²) in [7, 11) is 0. The third-order valence-corrected chi connectivity index (χ3v) is 3.26. The van der Waals surface area contributed by atoms with E-state index in [4.69, 9.17) is 0 Å². The Hall–Kier alpha value is -0.600. The Morgan fingerprint density at radius 1 is 1.33 bits per heavy atom. The lowest BCUT2D eigenvalue weighted by atomic mass is 10.3. The normalized spacial score (nSPS) is 10.5. The van der Waals surface area contributed by atoms with E-state index in [9.17, 15) is 0 Å². The van der Waals surface area contributed by atoms with Crippen LogP contribution in [0.15, 0.2) is 17.9 Å². The molecule has 0 amide bonds. The van der Waals surface area contributed by atoms with Gasteiger partial charge in [-0.2, -0.15) is 0 Å². The molecule has 0 fully saturated rings. The Bertz CT molecular complexity index is 440. The number of halogens is 1. The fraction of sp³-hybridized carbons (Fsp3) is 0.222. The Morgan fingerprint density at radius 2 is 2.20 bits per heavy atom. The lowest BCUT2D eigenvalue weighted by molar-refractivity contribution is 0.931. The minimum atomic E-state index is 0.732. The number of hydrogen-bond acceptors (Lipinski definition) is 5. The molecule has 2 aromatic rings. The maximum atomic E-state index is 4.37. The van der Waals surface area contributed by atoms with Gasteiger partial charge >= 0.3 is 0 Å². The zero-order valence-electron chi connectivity index (χ0n) is 8.07. The van der Waals surface area contributed by atoms with Crippen molar-refractivity contribution in [3.05, 3.63) is 29.3 Å². The van der Waals surface area contributed by atoms with E-state index in [0.717, 1.165) is 28.5 Å². The molecule has 2 aromatic heterocycles. The fourth-order valence-electron chi connectivity index (χ4n) is 1.18. The van der Waals surface area contributed by atoms with Crippen molar-refractivity contribution >= 4 is 34.2 Å².